The molecule has 2 fully saturated rings. The molecule has 1 N–H and O–H groups in total. The van der Waals surface area contributed by atoms with E-state index in [0.29, 0.717) is 11.5 Å². The number of amides is 1. The molecule has 0 unspecified atom stereocenters. The molecule has 0 aromatic rings. The van der Waals surface area contributed by atoms with Crippen LogP contribution in [0.5, 0.6) is 0 Å². The molecule has 1 aliphatic carbocycles. The Bertz CT molecular complexity index is 341. The Kier molecular flexibility index (Phi) is 4.62. The number of hydrogen-bond acceptors (Lipinski definition) is 3. The van der Waals surface area contributed by atoms with E-state index in [-0.39, 0.29) is 6.09 Å². The van der Waals surface area contributed by atoms with E-state index in [4.69, 9.17) is 4.74 Å². The lowest BCUT2D eigenvalue weighted by Crippen LogP contribution is -2.50. The van der Waals surface area contributed by atoms with Gasteiger partial charge in [-0.25, -0.2) is 4.79 Å². The zero-order valence-electron chi connectivity index (χ0n) is 13.5. The van der Waals surface area contributed by atoms with Crippen LogP contribution in [-0.2, 0) is 4.74 Å². The molecule has 0 bridgehead atoms. The van der Waals surface area contributed by atoms with Crippen molar-refractivity contribution in [2.45, 2.75) is 70.9 Å². The predicted molar refractivity (Wildman–Crippen MR) is 80.8 cm³/mol. The van der Waals surface area contributed by atoms with Gasteiger partial charge in [-0.1, -0.05) is 0 Å². The van der Waals surface area contributed by atoms with E-state index in [2.05, 4.69) is 12.4 Å². The molecule has 2 aliphatic rings. The van der Waals surface area contributed by atoms with E-state index in [1.54, 1.807) is 0 Å². The van der Waals surface area contributed by atoms with Crippen molar-refractivity contribution < 1.29 is 9.53 Å². The summed E-state index contributed by atoms with van der Waals surface area (Å²) in [7, 11) is 2.05. The summed E-state index contributed by atoms with van der Waals surface area (Å²) in [4.78, 5) is 14.2. The minimum absolute atomic E-state index is 0.132. The maximum absolute atomic E-state index is 12.3. The van der Waals surface area contributed by atoms with Gasteiger partial charge in [0.15, 0.2) is 0 Å². The van der Waals surface area contributed by atoms with Crippen LogP contribution >= 0.6 is 0 Å². The Labute approximate surface area is 123 Å². The third kappa shape index (κ3) is 3.87. The summed E-state index contributed by atoms with van der Waals surface area (Å²) in [6, 6.07) is 0.664. The largest absolute Gasteiger partial charge is 0.444 e. The van der Waals surface area contributed by atoms with Gasteiger partial charge in [0.1, 0.15) is 5.60 Å². The molecule has 1 heterocycles. The molecule has 0 aromatic carbocycles. The van der Waals surface area contributed by atoms with Crippen LogP contribution in [-0.4, -0.2) is 42.8 Å². The van der Waals surface area contributed by atoms with Crippen LogP contribution in [0.1, 0.15) is 59.3 Å². The molecule has 1 saturated carbocycles. The first-order valence-electron chi connectivity index (χ1n) is 7.99. The summed E-state index contributed by atoms with van der Waals surface area (Å²) in [6.07, 6.45) is 7.19. The summed E-state index contributed by atoms with van der Waals surface area (Å²) in [6.45, 7) is 7.54. The van der Waals surface area contributed by atoms with Crippen molar-refractivity contribution in [3.8, 4) is 0 Å². The molecule has 116 valence electrons. The fourth-order valence-corrected chi connectivity index (χ4v) is 3.62. The van der Waals surface area contributed by atoms with E-state index in [1.807, 2.05) is 25.7 Å². The molecule has 1 spiro atoms. The topological polar surface area (TPSA) is 41.6 Å². The molecule has 1 aliphatic heterocycles. The molecule has 1 amide bonds. The Morgan fingerprint density at radius 2 is 1.90 bits per heavy atom. The van der Waals surface area contributed by atoms with E-state index >= 15 is 0 Å². The fraction of sp³-hybridized carbons (Fsp3) is 0.938. The molecular weight excluding hydrogens is 252 g/mol. The number of rotatable bonds is 1. The Morgan fingerprint density at radius 1 is 1.25 bits per heavy atom. The summed E-state index contributed by atoms with van der Waals surface area (Å²) in [5, 5.41) is 3.39. The van der Waals surface area contributed by atoms with Crippen molar-refractivity contribution in [2.24, 2.45) is 5.41 Å². The van der Waals surface area contributed by atoms with Crippen molar-refractivity contribution in [3.63, 3.8) is 0 Å². The summed E-state index contributed by atoms with van der Waals surface area (Å²) < 4.78 is 5.53. The van der Waals surface area contributed by atoms with Crippen LogP contribution in [0.25, 0.3) is 0 Å². The van der Waals surface area contributed by atoms with Gasteiger partial charge in [-0.2, -0.15) is 0 Å². The van der Waals surface area contributed by atoms with Crippen LogP contribution in [0.2, 0.25) is 0 Å². The first kappa shape index (κ1) is 15.6. The Hall–Kier alpha value is -0.770. The monoisotopic (exact) mass is 282 g/mol. The van der Waals surface area contributed by atoms with Gasteiger partial charge in [-0.05, 0) is 71.8 Å². The number of nitrogens with one attached hydrogen (secondary N) is 1. The number of piperidine rings is 1. The third-order valence-corrected chi connectivity index (χ3v) is 4.77. The minimum atomic E-state index is -0.397. The van der Waals surface area contributed by atoms with Crippen LogP contribution < -0.4 is 5.32 Å². The SMILES string of the molecule is CNC1CCC2(CCCN(C(=O)OC(C)(C)C)C2)CC1. The fourth-order valence-electron chi connectivity index (χ4n) is 3.62. The maximum atomic E-state index is 12.3. The van der Waals surface area contributed by atoms with Crippen LogP contribution in [0.3, 0.4) is 0 Å². The quantitative estimate of drug-likeness (QED) is 0.803. The first-order valence-corrected chi connectivity index (χ1v) is 7.99. The summed E-state index contributed by atoms with van der Waals surface area (Å²) >= 11 is 0. The van der Waals surface area contributed by atoms with Crippen molar-refractivity contribution >= 4 is 6.09 Å². The van der Waals surface area contributed by atoms with Crippen molar-refractivity contribution in [1.29, 1.82) is 0 Å². The predicted octanol–water partition coefficient (Wildman–Crippen LogP) is 3.17. The highest BCUT2D eigenvalue weighted by Gasteiger charge is 2.40. The summed E-state index contributed by atoms with van der Waals surface area (Å²) in [5.41, 5.74) is -0.0476. The van der Waals surface area contributed by atoms with Gasteiger partial charge < -0.3 is 15.0 Å². The van der Waals surface area contributed by atoms with E-state index in [1.165, 1.54) is 32.1 Å². The second kappa shape index (κ2) is 5.92. The number of hydrogen-bond donors (Lipinski definition) is 1. The molecule has 0 aromatic heterocycles. The maximum Gasteiger partial charge on any atom is 0.410 e. The van der Waals surface area contributed by atoms with Crippen molar-refractivity contribution in [2.75, 3.05) is 20.1 Å². The number of carbonyl (C=O) groups is 1. The van der Waals surface area contributed by atoms with Crippen LogP contribution in [0, 0.1) is 5.41 Å². The highest BCUT2D eigenvalue weighted by atomic mass is 16.6. The molecular formula is C16H30N2O2. The molecule has 4 heteroatoms. The highest BCUT2D eigenvalue weighted by Crippen LogP contribution is 2.43. The number of likely N-dealkylation sites (tertiary alicyclic amines) is 1. The normalized spacial score (nSPS) is 31.4. The zero-order chi connectivity index (χ0) is 14.8. The van der Waals surface area contributed by atoms with Crippen LogP contribution in [0.15, 0.2) is 0 Å². The van der Waals surface area contributed by atoms with Gasteiger partial charge in [0.2, 0.25) is 0 Å². The van der Waals surface area contributed by atoms with Gasteiger partial charge >= 0.3 is 6.09 Å². The number of carbonyl (C=O) groups excluding carboxylic acids is 1. The molecule has 2 rings (SSSR count). The lowest BCUT2D eigenvalue weighted by Gasteiger charge is -2.46. The van der Waals surface area contributed by atoms with Gasteiger partial charge in [-0.15, -0.1) is 0 Å². The number of nitrogens with zero attached hydrogens (tertiary/aromatic N) is 1. The van der Waals surface area contributed by atoms with Crippen molar-refractivity contribution in [3.05, 3.63) is 0 Å². The van der Waals surface area contributed by atoms with Crippen LogP contribution in [0.4, 0.5) is 4.79 Å². The lowest BCUT2D eigenvalue weighted by atomic mass is 9.68. The number of ether oxygens (including phenoxy) is 1. The standard InChI is InChI=1S/C16H30N2O2/c1-15(2,3)20-14(19)18-11-5-8-16(12-18)9-6-13(17-4)7-10-16/h13,17H,5-12H2,1-4H3. The smallest absolute Gasteiger partial charge is 0.410 e. The van der Waals surface area contributed by atoms with E-state index in [9.17, 15) is 4.79 Å². The molecule has 0 atom stereocenters. The second-order valence-electron chi connectivity index (χ2n) is 7.57. The van der Waals surface area contributed by atoms with Gasteiger partial charge in [0.05, 0.1) is 0 Å². The van der Waals surface area contributed by atoms with E-state index < -0.39 is 5.60 Å². The second-order valence-corrected chi connectivity index (χ2v) is 7.57. The Balaban J connectivity index is 1.93. The average Bonchev–Trinajstić information content (AvgIpc) is 2.38. The Morgan fingerprint density at radius 3 is 2.45 bits per heavy atom. The minimum Gasteiger partial charge on any atom is -0.444 e. The van der Waals surface area contributed by atoms with Gasteiger partial charge in [0.25, 0.3) is 0 Å². The first-order chi connectivity index (χ1) is 9.34. The molecule has 20 heavy (non-hydrogen) atoms. The summed E-state index contributed by atoms with van der Waals surface area (Å²) in [5.74, 6) is 0. The highest BCUT2D eigenvalue weighted by molar-refractivity contribution is 5.68. The van der Waals surface area contributed by atoms with Crippen molar-refractivity contribution in [1.82, 2.24) is 10.2 Å². The lowest BCUT2D eigenvalue weighted by molar-refractivity contribution is -0.00512. The third-order valence-electron chi connectivity index (χ3n) is 4.77. The molecule has 1 saturated heterocycles. The van der Waals surface area contributed by atoms with E-state index in [0.717, 1.165) is 19.5 Å². The zero-order valence-corrected chi connectivity index (χ0v) is 13.5. The molecule has 4 nitrogen and oxygen atoms in total. The average molecular weight is 282 g/mol. The van der Waals surface area contributed by atoms with Gasteiger partial charge in [0, 0.05) is 19.1 Å². The molecule has 0 radical (unpaired) electrons. The van der Waals surface area contributed by atoms with Gasteiger partial charge in [-0.3, -0.25) is 0 Å².